The fourth-order valence-corrected chi connectivity index (χ4v) is 3.14. The van der Waals surface area contributed by atoms with E-state index >= 15 is 0 Å². The van der Waals surface area contributed by atoms with Crippen LogP contribution in [0.3, 0.4) is 0 Å². The van der Waals surface area contributed by atoms with Gasteiger partial charge in [-0.15, -0.1) is 0 Å². The quantitative estimate of drug-likeness (QED) is 0.268. The van der Waals surface area contributed by atoms with Crippen LogP contribution in [-0.4, -0.2) is 30.6 Å². The number of nitrogens with one attached hydrogen (secondary N) is 3. The van der Waals surface area contributed by atoms with Gasteiger partial charge in [0, 0.05) is 34.8 Å². The van der Waals surface area contributed by atoms with E-state index < -0.39 is 0 Å². The van der Waals surface area contributed by atoms with Gasteiger partial charge in [-0.3, -0.25) is 4.79 Å². The molecular weight excluding hydrogens is 402 g/mol. The number of hydrogen-bond acceptors (Lipinski definition) is 5. The summed E-state index contributed by atoms with van der Waals surface area (Å²) in [7, 11) is 0. The number of carbonyl (C=O) groups excluding carboxylic acids is 1. The fraction of sp³-hybridized carbons (Fsp3) is 0.240. The number of hydrogen-bond donors (Lipinski definition) is 4. The normalized spacial score (nSPS) is 14.0. The number of nitrogens with two attached hydrogens (primary N) is 1. The van der Waals surface area contributed by atoms with E-state index in [2.05, 4.69) is 22.2 Å². The third kappa shape index (κ3) is 6.31. The van der Waals surface area contributed by atoms with E-state index in [1.807, 2.05) is 43.3 Å². The van der Waals surface area contributed by atoms with E-state index in [-0.39, 0.29) is 12.5 Å². The van der Waals surface area contributed by atoms with Crippen LogP contribution in [0.1, 0.15) is 37.3 Å². The molecule has 0 unspecified atom stereocenters. The third-order valence-corrected chi connectivity index (χ3v) is 5.10. The van der Waals surface area contributed by atoms with Crippen molar-refractivity contribution in [1.29, 1.82) is 5.41 Å². The van der Waals surface area contributed by atoms with Crippen LogP contribution in [0.25, 0.3) is 5.70 Å². The number of anilines is 2. The average molecular weight is 432 g/mol. The number of amidine groups is 1. The van der Waals surface area contributed by atoms with Gasteiger partial charge in [-0.1, -0.05) is 24.8 Å². The Labute approximate surface area is 188 Å². The Balaban J connectivity index is 1.67. The Morgan fingerprint density at radius 1 is 1.31 bits per heavy atom. The number of nitrogens with zero attached hydrogens (tertiary/aromatic N) is 1. The zero-order chi connectivity index (χ0) is 22.9. The summed E-state index contributed by atoms with van der Waals surface area (Å²) < 4.78 is 5.65. The van der Waals surface area contributed by atoms with Gasteiger partial charge in [0.2, 0.25) is 0 Å². The minimum atomic E-state index is -0.107. The lowest BCUT2D eigenvalue weighted by atomic mass is 9.93. The zero-order valence-corrected chi connectivity index (χ0v) is 18.2. The molecule has 0 atom stereocenters. The summed E-state index contributed by atoms with van der Waals surface area (Å²) in [6.07, 6.45) is 8.17. The zero-order valence-electron chi connectivity index (χ0n) is 18.2. The summed E-state index contributed by atoms with van der Waals surface area (Å²) in [4.78, 5) is 16.6. The second kappa shape index (κ2) is 10.9. The number of benzene rings is 2. The van der Waals surface area contributed by atoms with Gasteiger partial charge in [0.05, 0.1) is 5.70 Å². The van der Waals surface area contributed by atoms with Crippen molar-refractivity contribution >= 4 is 35.0 Å². The van der Waals surface area contributed by atoms with Gasteiger partial charge < -0.3 is 26.5 Å². The minimum Gasteiger partial charge on any atom is -0.484 e. The maximum atomic E-state index is 12.0. The number of aliphatic imine (C=N–C) groups is 1. The lowest BCUT2D eigenvalue weighted by Crippen LogP contribution is -2.41. The smallest absolute Gasteiger partial charge is 0.258 e. The second-order valence-electron chi connectivity index (χ2n) is 7.57. The molecule has 7 heteroatoms. The molecular formula is C25H29N5O2. The molecule has 1 aliphatic rings. The molecule has 1 saturated carbocycles. The Morgan fingerprint density at radius 2 is 2.12 bits per heavy atom. The first-order chi connectivity index (χ1) is 15.5. The van der Waals surface area contributed by atoms with Crippen molar-refractivity contribution in [2.24, 2.45) is 4.99 Å². The number of ether oxygens (including phenoxy) is 1. The molecule has 1 fully saturated rings. The van der Waals surface area contributed by atoms with Crippen molar-refractivity contribution in [2.45, 2.75) is 32.2 Å². The summed E-state index contributed by atoms with van der Waals surface area (Å²) in [5.41, 5.74) is 9.11. The minimum absolute atomic E-state index is 0.0203. The average Bonchev–Trinajstić information content (AvgIpc) is 2.76. The van der Waals surface area contributed by atoms with Crippen LogP contribution in [0.2, 0.25) is 0 Å². The molecule has 5 N–H and O–H groups in total. The highest BCUT2D eigenvalue weighted by molar-refractivity contribution is 6.06. The lowest BCUT2D eigenvalue weighted by Gasteiger charge is -2.26. The molecule has 32 heavy (non-hydrogen) atoms. The van der Waals surface area contributed by atoms with E-state index in [9.17, 15) is 4.79 Å². The molecule has 0 heterocycles. The molecule has 0 spiro atoms. The molecule has 2 aromatic rings. The first-order valence-electron chi connectivity index (χ1n) is 10.6. The van der Waals surface area contributed by atoms with E-state index in [4.69, 9.17) is 15.9 Å². The van der Waals surface area contributed by atoms with Gasteiger partial charge in [0.15, 0.2) is 6.61 Å². The Bertz CT molecular complexity index is 1050. The van der Waals surface area contributed by atoms with Crippen molar-refractivity contribution in [1.82, 2.24) is 5.32 Å². The predicted molar refractivity (Wildman–Crippen MR) is 131 cm³/mol. The molecule has 7 nitrogen and oxygen atoms in total. The highest BCUT2D eigenvalue weighted by Gasteiger charge is 2.19. The first kappa shape index (κ1) is 22.8. The van der Waals surface area contributed by atoms with Crippen molar-refractivity contribution in [2.75, 3.05) is 17.7 Å². The van der Waals surface area contributed by atoms with E-state index in [0.29, 0.717) is 34.6 Å². The molecule has 0 aromatic heterocycles. The van der Waals surface area contributed by atoms with E-state index in [1.54, 1.807) is 18.2 Å². The van der Waals surface area contributed by atoms with Crippen molar-refractivity contribution < 1.29 is 9.53 Å². The number of nitrogen functional groups attached to an aromatic ring is 1. The van der Waals surface area contributed by atoms with Gasteiger partial charge in [-0.25, -0.2) is 4.99 Å². The molecule has 0 radical (unpaired) electrons. The van der Waals surface area contributed by atoms with E-state index in [0.717, 1.165) is 24.1 Å². The standard InChI is InChI=1S/C25H29N5O2/c1-3-6-24(29-21-11-12-23(27)19(13-21)15-26)28-17(2)18-7-4-10-22(14-18)32-16-25(31)30-20-8-5-9-20/h3-4,6-7,10-15,20,26H,2,5,8-9,16,27H2,1H3,(H,28,29)(H,30,31)/b6-3-,26-15?. The summed E-state index contributed by atoms with van der Waals surface area (Å²) in [6, 6.07) is 13.0. The fourth-order valence-electron chi connectivity index (χ4n) is 3.14. The highest BCUT2D eigenvalue weighted by atomic mass is 16.5. The predicted octanol–water partition coefficient (Wildman–Crippen LogP) is 4.37. The number of allylic oxidation sites excluding steroid dienone is 1. The maximum Gasteiger partial charge on any atom is 0.258 e. The SMILES string of the molecule is C=C(/N=C(\C=C/C)Nc1ccc(N)c(C=N)c1)c1cccc(OCC(=O)NC2CCC2)c1. The third-order valence-electron chi connectivity index (χ3n) is 5.10. The maximum absolute atomic E-state index is 12.0. The monoisotopic (exact) mass is 431 g/mol. The number of amides is 1. The molecule has 166 valence electrons. The molecule has 0 bridgehead atoms. The second-order valence-corrected chi connectivity index (χ2v) is 7.57. The van der Waals surface area contributed by atoms with Crippen LogP contribution in [0.15, 0.2) is 66.2 Å². The van der Waals surface area contributed by atoms with Gasteiger partial charge >= 0.3 is 0 Å². The van der Waals surface area contributed by atoms with Crippen molar-refractivity contribution in [3.8, 4) is 5.75 Å². The molecule has 1 aliphatic carbocycles. The van der Waals surface area contributed by atoms with Crippen molar-refractivity contribution in [3.05, 3.63) is 72.3 Å². The van der Waals surface area contributed by atoms with Gasteiger partial charge in [0.25, 0.3) is 5.91 Å². The number of rotatable bonds is 9. The topological polar surface area (TPSA) is 113 Å². The summed E-state index contributed by atoms with van der Waals surface area (Å²) in [5, 5.41) is 13.7. The van der Waals surface area contributed by atoms with E-state index in [1.165, 1.54) is 12.6 Å². The van der Waals surface area contributed by atoms with Gasteiger partial charge in [-0.2, -0.15) is 0 Å². The highest BCUT2D eigenvalue weighted by Crippen LogP contribution is 2.22. The van der Waals surface area contributed by atoms with Gasteiger partial charge in [0.1, 0.15) is 11.6 Å². The number of carbonyl (C=O) groups is 1. The molecule has 2 aromatic carbocycles. The molecule has 3 rings (SSSR count). The summed E-state index contributed by atoms with van der Waals surface area (Å²) in [5.74, 6) is 1.06. The Morgan fingerprint density at radius 3 is 2.81 bits per heavy atom. The largest absolute Gasteiger partial charge is 0.484 e. The summed E-state index contributed by atoms with van der Waals surface area (Å²) >= 11 is 0. The molecule has 1 amide bonds. The van der Waals surface area contributed by atoms with Crippen molar-refractivity contribution in [3.63, 3.8) is 0 Å². The Kier molecular flexibility index (Phi) is 7.80. The first-order valence-corrected chi connectivity index (χ1v) is 10.6. The van der Waals surface area contributed by atoms with Crippen LogP contribution in [-0.2, 0) is 4.79 Å². The van der Waals surface area contributed by atoms with Crippen LogP contribution < -0.4 is 21.1 Å². The Hall–Kier alpha value is -3.87. The van der Waals surface area contributed by atoms with Crippen LogP contribution in [0.4, 0.5) is 11.4 Å². The summed E-state index contributed by atoms with van der Waals surface area (Å²) in [6.45, 7) is 5.96. The van der Waals surface area contributed by atoms with Crippen LogP contribution in [0, 0.1) is 5.41 Å². The van der Waals surface area contributed by atoms with Crippen LogP contribution >= 0.6 is 0 Å². The van der Waals surface area contributed by atoms with Gasteiger partial charge in [-0.05, 0) is 62.6 Å². The lowest BCUT2D eigenvalue weighted by molar-refractivity contribution is -0.124. The van der Waals surface area contributed by atoms with Crippen LogP contribution in [0.5, 0.6) is 5.75 Å². The molecule has 0 saturated heterocycles. The molecule has 0 aliphatic heterocycles.